The molecule has 1 fully saturated rings. The van der Waals surface area contributed by atoms with Crippen molar-refractivity contribution in [3.05, 3.63) is 35.4 Å². The van der Waals surface area contributed by atoms with E-state index in [2.05, 4.69) is 5.32 Å². The van der Waals surface area contributed by atoms with Crippen LogP contribution in [-0.2, 0) is 6.42 Å². The van der Waals surface area contributed by atoms with Crippen molar-refractivity contribution in [3.63, 3.8) is 0 Å². The van der Waals surface area contributed by atoms with E-state index in [1.54, 1.807) is 0 Å². The molecule has 0 bridgehead atoms. The Morgan fingerprint density at radius 3 is 2.60 bits per heavy atom. The molecule has 3 heteroatoms. The molecule has 3 nitrogen and oxygen atoms in total. The van der Waals surface area contributed by atoms with Crippen LogP contribution in [0.2, 0.25) is 0 Å². The molecule has 1 aromatic carbocycles. The Morgan fingerprint density at radius 1 is 1.40 bits per heavy atom. The van der Waals surface area contributed by atoms with Crippen molar-refractivity contribution in [1.82, 2.24) is 5.32 Å². The van der Waals surface area contributed by atoms with Crippen molar-refractivity contribution in [2.75, 3.05) is 0 Å². The number of hydrogen-bond donors (Lipinski definition) is 2. The molecule has 2 rings (SSSR count). The van der Waals surface area contributed by atoms with Gasteiger partial charge in [-0.05, 0) is 36.8 Å². The molecule has 0 spiro atoms. The summed E-state index contributed by atoms with van der Waals surface area (Å²) in [5.74, 6) is 0.0129. The van der Waals surface area contributed by atoms with Gasteiger partial charge in [0.05, 0.1) is 0 Å². The minimum atomic E-state index is 0.0129. The third-order valence-electron chi connectivity index (χ3n) is 2.47. The Labute approximate surface area is 89.0 Å². The zero-order valence-corrected chi connectivity index (χ0v) is 8.49. The number of rotatable bonds is 4. The Morgan fingerprint density at radius 2 is 2.07 bits per heavy atom. The molecular formula is C12H14N2O. The molecule has 1 aliphatic carbocycles. The van der Waals surface area contributed by atoms with Crippen molar-refractivity contribution in [1.29, 1.82) is 5.41 Å². The third-order valence-corrected chi connectivity index (χ3v) is 2.47. The van der Waals surface area contributed by atoms with Crippen LogP contribution < -0.4 is 5.32 Å². The fourth-order valence-electron chi connectivity index (χ4n) is 1.41. The quantitative estimate of drug-likeness (QED) is 0.718. The number of carbonyl (C=O) groups excluding carboxylic acids is 1. The van der Waals surface area contributed by atoms with Gasteiger partial charge in [-0.2, -0.15) is 0 Å². The lowest BCUT2D eigenvalue weighted by Gasteiger charge is -2.03. The van der Waals surface area contributed by atoms with E-state index in [-0.39, 0.29) is 5.91 Å². The minimum Gasteiger partial charge on any atom is -0.349 e. The number of nitrogens with one attached hydrogen (secondary N) is 2. The van der Waals surface area contributed by atoms with Crippen LogP contribution in [0.4, 0.5) is 0 Å². The lowest BCUT2D eigenvalue weighted by molar-refractivity contribution is 0.0951. The Balaban J connectivity index is 2.01. The van der Waals surface area contributed by atoms with E-state index in [1.165, 1.54) is 6.21 Å². The van der Waals surface area contributed by atoms with Gasteiger partial charge in [-0.15, -0.1) is 0 Å². The molecule has 1 amide bonds. The molecule has 0 saturated heterocycles. The van der Waals surface area contributed by atoms with Crippen LogP contribution in [0.15, 0.2) is 24.3 Å². The minimum absolute atomic E-state index is 0.0129. The summed E-state index contributed by atoms with van der Waals surface area (Å²) in [4.78, 5) is 11.6. The normalized spacial score (nSPS) is 14.7. The largest absolute Gasteiger partial charge is 0.349 e. The van der Waals surface area contributed by atoms with Crippen molar-refractivity contribution >= 4 is 12.1 Å². The van der Waals surface area contributed by atoms with E-state index in [1.807, 2.05) is 24.3 Å². The topological polar surface area (TPSA) is 53.0 Å². The van der Waals surface area contributed by atoms with Gasteiger partial charge in [0.15, 0.2) is 0 Å². The molecule has 78 valence electrons. The van der Waals surface area contributed by atoms with Crippen LogP contribution in [0.25, 0.3) is 0 Å². The number of benzene rings is 1. The molecule has 0 aromatic heterocycles. The van der Waals surface area contributed by atoms with E-state index in [9.17, 15) is 4.79 Å². The standard InChI is InChI=1S/C12H14N2O/c13-8-7-9-1-3-10(4-2-9)12(15)14-11-5-6-11/h1-4,8,11,13H,5-7H2,(H,14,15). The molecule has 15 heavy (non-hydrogen) atoms. The number of carbonyl (C=O) groups is 1. The van der Waals surface area contributed by atoms with Gasteiger partial charge >= 0.3 is 0 Å². The van der Waals surface area contributed by atoms with Gasteiger partial charge in [0.1, 0.15) is 0 Å². The monoisotopic (exact) mass is 202 g/mol. The first-order chi connectivity index (χ1) is 7.29. The van der Waals surface area contributed by atoms with E-state index >= 15 is 0 Å². The third kappa shape index (κ3) is 2.65. The summed E-state index contributed by atoms with van der Waals surface area (Å²) in [6.07, 6.45) is 4.21. The van der Waals surface area contributed by atoms with Gasteiger partial charge in [-0.1, -0.05) is 12.1 Å². The highest BCUT2D eigenvalue weighted by atomic mass is 16.1. The summed E-state index contributed by atoms with van der Waals surface area (Å²) in [5, 5.41) is 9.91. The number of hydrogen-bond acceptors (Lipinski definition) is 2. The van der Waals surface area contributed by atoms with Crippen LogP contribution in [0.3, 0.4) is 0 Å². The first-order valence-electron chi connectivity index (χ1n) is 5.18. The molecule has 1 aliphatic rings. The van der Waals surface area contributed by atoms with Gasteiger partial charge < -0.3 is 10.7 Å². The maximum absolute atomic E-state index is 11.6. The van der Waals surface area contributed by atoms with Gasteiger partial charge in [0.2, 0.25) is 0 Å². The second-order valence-corrected chi connectivity index (χ2v) is 3.85. The van der Waals surface area contributed by atoms with E-state index < -0.39 is 0 Å². The molecule has 1 aromatic rings. The molecule has 0 radical (unpaired) electrons. The highest BCUT2D eigenvalue weighted by Crippen LogP contribution is 2.19. The van der Waals surface area contributed by atoms with Crippen molar-refractivity contribution in [2.24, 2.45) is 0 Å². The second-order valence-electron chi connectivity index (χ2n) is 3.85. The smallest absolute Gasteiger partial charge is 0.251 e. The van der Waals surface area contributed by atoms with Gasteiger partial charge in [0, 0.05) is 18.0 Å². The predicted octanol–water partition coefficient (Wildman–Crippen LogP) is 1.77. The van der Waals surface area contributed by atoms with Gasteiger partial charge in [-0.25, -0.2) is 0 Å². The zero-order valence-electron chi connectivity index (χ0n) is 8.49. The molecule has 1 saturated carbocycles. The van der Waals surface area contributed by atoms with Crippen molar-refractivity contribution in [2.45, 2.75) is 25.3 Å². The van der Waals surface area contributed by atoms with Crippen LogP contribution in [-0.4, -0.2) is 18.2 Å². The van der Waals surface area contributed by atoms with Crippen LogP contribution in [0, 0.1) is 5.41 Å². The highest BCUT2D eigenvalue weighted by molar-refractivity contribution is 5.94. The van der Waals surface area contributed by atoms with Gasteiger partial charge in [0.25, 0.3) is 5.91 Å². The fourth-order valence-corrected chi connectivity index (χ4v) is 1.41. The average molecular weight is 202 g/mol. The van der Waals surface area contributed by atoms with Gasteiger partial charge in [-0.3, -0.25) is 4.79 Å². The summed E-state index contributed by atoms with van der Waals surface area (Å²) < 4.78 is 0. The first-order valence-corrected chi connectivity index (χ1v) is 5.18. The Kier molecular flexibility index (Phi) is 2.81. The molecule has 0 atom stereocenters. The number of amides is 1. The molecule has 0 heterocycles. The first kappa shape index (κ1) is 9.90. The Hall–Kier alpha value is -1.64. The molecule has 0 aliphatic heterocycles. The molecular weight excluding hydrogens is 188 g/mol. The maximum Gasteiger partial charge on any atom is 0.251 e. The fraction of sp³-hybridized carbons (Fsp3) is 0.333. The van der Waals surface area contributed by atoms with E-state index in [4.69, 9.17) is 5.41 Å². The van der Waals surface area contributed by atoms with Crippen molar-refractivity contribution < 1.29 is 4.79 Å². The average Bonchev–Trinajstić information content (AvgIpc) is 3.03. The van der Waals surface area contributed by atoms with E-state index in [0.29, 0.717) is 18.0 Å². The second kappa shape index (κ2) is 4.26. The zero-order chi connectivity index (χ0) is 10.7. The SMILES string of the molecule is N=CCc1ccc(C(=O)NC2CC2)cc1. The van der Waals surface area contributed by atoms with Crippen LogP contribution >= 0.6 is 0 Å². The lowest BCUT2D eigenvalue weighted by atomic mass is 10.1. The van der Waals surface area contributed by atoms with Crippen LogP contribution in [0.1, 0.15) is 28.8 Å². The molecule has 2 N–H and O–H groups in total. The molecule has 0 unspecified atom stereocenters. The van der Waals surface area contributed by atoms with Crippen molar-refractivity contribution in [3.8, 4) is 0 Å². The van der Waals surface area contributed by atoms with E-state index in [0.717, 1.165) is 18.4 Å². The predicted molar refractivity (Wildman–Crippen MR) is 59.4 cm³/mol. The summed E-state index contributed by atoms with van der Waals surface area (Å²) in [6, 6.07) is 7.83. The maximum atomic E-state index is 11.6. The summed E-state index contributed by atoms with van der Waals surface area (Å²) in [6.45, 7) is 0. The van der Waals surface area contributed by atoms with Crippen LogP contribution in [0.5, 0.6) is 0 Å². The highest BCUT2D eigenvalue weighted by Gasteiger charge is 2.23. The summed E-state index contributed by atoms with van der Waals surface area (Å²) in [7, 11) is 0. The Bertz CT molecular complexity index is 366. The summed E-state index contributed by atoms with van der Waals surface area (Å²) >= 11 is 0. The lowest BCUT2D eigenvalue weighted by Crippen LogP contribution is -2.25. The summed E-state index contributed by atoms with van der Waals surface area (Å²) in [5.41, 5.74) is 1.77.